The number of alkyl halides is 1. The van der Waals surface area contributed by atoms with Gasteiger partial charge in [-0.3, -0.25) is 19.2 Å². The van der Waals surface area contributed by atoms with Crippen molar-refractivity contribution in [1.29, 1.82) is 0 Å². The molecule has 0 saturated carbocycles. The zero-order valence-corrected chi connectivity index (χ0v) is 16.0. The summed E-state index contributed by atoms with van der Waals surface area (Å²) in [7, 11) is -8.71. The number of anilines is 1. The number of nitro groups is 1. The van der Waals surface area contributed by atoms with Gasteiger partial charge in [0.15, 0.2) is 5.82 Å². The van der Waals surface area contributed by atoms with E-state index in [0.717, 1.165) is 16.8 Å². The average molecular weight is 429 g/mol. The average Bonchev–Trinajstić information content (AvgIpc) is 2.82. The van der Waals surface area contributed by atoms with Crippen molar-refractivity contribution in [2.45, 2.75) is 13.0 Å². The number of hydrogen-bond acceptors (Lipinski definition) is 7. The normalized spacial score (nSPS) is 12.5. The Morgan fingerprint density at radius 1 is 1.27 bits per heavy atom. The topological polar surface area (TPSA) is 132 Å². The van der Waals surface area contributed by atoms with Crippen molar-refractivity contribution in [2.75, 3.05) is 22.9 Å². The molecule has 0 unspecified atom stereocenters. The van der Waals surface area contributed by atoms with Gasteiger partial charge >= 0.3 is 0 Å². The number of hydrogen-bond donors (Lipinski definition) is 0. The Morgan fingerprint density at radius 2 is 1.85 bits per heavy atom. The minimum absolute atomic E-state index is 0.0455. The van der Waals surface area contributed by atoms with Gasteiger partial charge in [-0.2, -0.15) is 5.10 Å². The van der Waals surface area contributed by atoms with Crippen LogP contribution in [0.4, 0.5) is 15.9 Å². The van der Waals surface area contributed by atoms with E-state index in [-0.39, 0.29) is 32.6 Å². The summed E-state index contributed by atoms with van der Waals surface area (Å²) >= 11 is 6.06. The SMILES string of the molecule is CS(=O)(=O)N(c1nn(CCCF)c2c([N+](=O)[O-])ccc(Cl)c12)S(C)(=O)=O. The number of benzene rings is 1. The molecule has 0 aliphatic rings. The number of fused-ring (bicyclic) bond motifs is 1. The molecule has 2 rings (SSSR count). The van der Waals surface area contributed by atoms with Crippen LogP contribution in [0.3, 0.4) is 0 Å². The fraction of sp³-hybridized carbons (Fsp3) is 0.417. The van der Waals surface area contributed by atoms with Crippen LogP contribution in [0.15, 0.2) is 12.1 Å². The Kier molecular flexibility index (Phi) is 5.44. The molecule has 1 heterocycles. The lowest BCUT2D eigenvalue weighted by Gasteiger charge is -2.17. The summed E-state index contributed by atoms with van der Waals surface area (Å²) in [4.78, 5) is 10.6. The van der Waals surface area contributed by atoms with Gasteiger partial charge in [0.25, 0.3) is 5.69 Å². The first-order chi connectivity index (χ1) is 11.9. The summed E-state index contributed by atoms with van der Waals surface area (Å²) < 4.78 is 61.7. The summed E-state index contributed by atoms with van der Waals surface area (Å²) in [5, 5.41) is 14.9. The highest BCUT2D eigenvalue weighted by Crippen LogP contribution is 2.39. The van der Waals surface area contributed by atoms with Crippen molar-refractivity contribution >= 4 is 54.1 Å². The van der Waals surface area contributed by atoms with Gasteiger partial charge in [0.1, 0.15) is 5.52 Å². The Morgan fingerprint density at radius 3 is 2.31 bits per heavy atom. The molecular formula is C12H14ClFN4O6S2. The van der Waals surface area contributed by atoms with Gasteiger partial charge in [0, 0.05) is 12.6 Å². The molecule has 0 aliphatic carbocycles. The molecule has 0 N–H and O–H groups in total. The second-order valence-electron chi connectivity index (χ2n) is 5.36. The molecule has 144 valence electrons. The summed E-state index contributed by atoms with van der Waals surface area (Å²) in [6.07, 6.45) is 1.22. The van der Waals surface area contributed by atoms with E-state index < -0.39 is 43.1 Å². The van der Waals surface area contributed by atoms with Crippen LogP contribution < -0.4 is 3.71 Å². The maximum absolute atomic E-state index is 12.6. The van der Waals surface area contributed by atoms with E-state index in [4.69, 9.17) is 11.6 Å². The number of nitrogens with zero attached hydrogens (tertiary/aromatic N) is 4. The van der Waals surface area contributed by atoms with Crippen molar-refractivity contribution in [2.24, 2.45) is 0 Å². The third-order valence-corrected chi connectivity index (χ3v) is 6.77. The molecule has 1 aromatic carbocycles. The van der Waals surface area contributed by atoms with Crippen LogP contribution in [-0.4, -0.2) is 50.7 Å². The summed E-state index contributed by atoms with van der Waals surface area (Å²) in [5.41, 5.74) is -0.660. The molecule has 26 heavy (non-hydrogen) atoms. The van der Waals surface area contributed by atoms with E-state index in [0.29, 0.717) is 12.5 Å². The minimum atomic E-state index is -4.36. The number of non-ortho nitro benzene ring substituents is 1. The molecular weight excluding hydrogens is 415 g/mol. The fourth-order valence-electron chi connectivity index (χ4n) is 2.45. The van der Waals surface area contributed by atoms with Crippen LogP contribution in [0.25, 0.3) is 10.9 Å². The van der Waals surface area contributed by atoms with E-state index in [1.54, 1.807) is 0 Å². The predicted octanol–water partition coefficient (Wildman–Crippen LogP) is 1.68. The Hall–Kier alpha value is -1.99. The second-order valence-corrected chi connectivity index (χ2v) is 9.66. The maximum Gasteiger partial charge on any atom is 0.295 e. The summed E-state index contributed by atoms with van der Waals surface area (Å²) in [5.74, 6) is -0.599. The zero-order valence-electron chi connectivity index (χ0n) is 13.6. The van der Waals surface area contributed by atoms with E-state index in [1.165, 1.54) is 0 Å². The maximum atomic E-state index is 12.6. The summed E-state index contributed by atoms with van der Waals surface area (Å²) in [6, 6.07) is 2.21. The third kappa shape index (κ3) is 3.73. The number of rotatable bonds is 7. The fourth-order valence-corrected chi connectivity index (χ4v) is 5.54. The molecule has 0 spiro atoms. The molecule has 0 aliphatic heterocycles. The predicted molar refractivity (Wildman–Crippen MR) is 94.2 cm³/mol. The van der Waals surface area contributed by atoms with Crippen LogP contribution in [0.2, 0.25) is 5.02 Å². The molecule has 0 amide bonds. The first kappa shape index (κ1) is 20.3. The number of sulfonamides is 2. The van der Waals surface area contributed by atoms with Crippen molar-refractivity contribution in [1.82, 2.24) is 9.78 Å². The lowest BCUT2D eigenvalue weighted by atomic mass is 10.2. The van der Waals surface area contributed by atoms with Gasteiger partial charge < -0.3 is 0 Å². The van der Waals surface area contributed by atoms with Gasteiger partial charge in [-0.25, -0.2) is 16.8 Å². The molecule has 0 saturated heterocycles. The third-order valence-electron chi connectivity index (χ3n) is 3.28. The van der Waals surface area contributed by atoms with Crippen LogP contribution in [0.1, 0.15) is 6.42 Å². The second kappa shape index (κ2) is 6.96. The highest BCUT2D eigenvalue weighted by Gasteiger charge is 2.35. The number of aromatic nitrogens is 2. The van der Waals surface area contributed by atoms with Crippen molar-refractivity contribution in [3.05, 3.63) is 27.3 Å². The Labute approximate surface area is 153 Å². The van der Waals surface area contributed by atoms with Gasteiger partial charge in [0.2, 0.25) is 20.0 Å². The summed E-state index contributed by atoms with van der Waals surface area (Å²) in [6.45, 7) is -0.900. The lowest BCUT2D eigenvalue weighted by molar-refractivity contribution is -0.383. The molecule has 2 aromatic rings. The van der Waals surface area contributed by atoms with Crippen LogP contribution >= 0.6 is 11.6 Å². The van der Waals surface area contributed by atoms with E-state index in [2.05, 4.69) is 5.10 Å². The molecule has 1 aromatic heterocycles. The standard InChI is InChI=1S/C12H14ClFN4O6S2/c1-25(21,22)18(26(2,23)24)12-10-8(13)4-5-9(17(19)20)11(10)16(15-12)7-3-6-14/h4-5H,3,6-7H2,1-2H3. The minimum Gasteiger partial charge on any atom is -0.258 e. The van der Waals surface area contributed by atoms with Crippen LogP contribution in [0, 0.1) is 10.1 Å². The van der Waals surface area contributed by atoms with Crippen LogP contribution in [-0.2, 0) is 26.6 Å². The van der Waals surface area contributed by atoms with E-state index >= 15 is 0 Å². The Bertz CT molecular complexity index is 1050. The van der Waals surface area contributed by atoms with Gasteiger partial charge in [-0.1, -0.05) is 11.6 Å². The lowest BCUT2D eigenvalue weighted by Crippen LogP contribution is -2.35. The van der Waals surface area contributed by atoms with Crippen molar-refractivity contribution < 1.29 is 26.1 Å². The van der Waals surface area contributed by atoms with Gasteiger partial charge in [0.05, 0.1) is 34.5 Å². The van der Waals surface area contributed by atoms with Gasteiger partial charge in [-0.15, -0.1) is 3.71 Å². The van der Waals surface area contributed by atoms with E-state index in [9.17, 15) is 31.3 Å². The quantitative estimate of drug-likeness (QED) is 0.484. The smallest absolute Gasteiger partial charge is 0.258 e. The van der Waals surface area contributed by atoms with Crippen molar-refractivity contribution in [3.63, 3.8) is 0 Å². The molecule has 0 bridgehead atoms. The number of aryl methyl sites for hydroxylation is 1. The highest BCUT2D eigenvalue weighted by atomic mass is 35.5. The molecule has 10 nitrogen and oxygen atoms in total. The van der Waals surface area contributed by atoms with Gasteiger partial charge in [-0.05, 0) is 12.5 Å². The molecule has 0 radical (unpaired) electrons. The number of halogens is 2. The monoisotopic (exact) mass is 428 g/mol. The first-order valence-corrected chi connectivity index (χ1v) is 11.1. The molecule has 14 heteroatoms. The van der Waals surface area contributed by atoms with Crippen LogP contribution in [0.5, 0.6) is 0 Å². The zero-order chi connectivity index (χ0) is 19.9. The Balaban J connectivity index is 3.00. The highest BCUT2D eigenvalue weighted by molar-refractivity contribution is 8.09. The molecule has 0 fully saturated rings. The van der Waals surface area contributed by atoms with Crippen molar-refractivity contribution in [3.8, 4) is 0 Å². The largest absolute Gasteiger partial charge is 0.295 e. The molecule has 0 atom stereocenters. The number of nitro benzene ring substituents is 1. The van der Waals surface area contributed by atoms with E-state index in [1.807, 2.05) is 0 Å². The first-order valence-electron chi connectivity index (χ1n) is 6.99.